The number of amides is 1. The molecule has 2 aliphatic rings. The quantitative estimate of drug-likeness (QED) is 0.844. The van der Waals surface area contributed by atoms with E-state index in [9.17, 15) is 4.79 Å². The van der Waals surface area contributed by atoms with Crippen LogP contribution in [0.3, 0.4) is 0 Å². The van der Waals surface area contributed by atoms with E-state index in [0.29, 0.717) is 12.0 Å². The molecule has 0 unspecified atom stereocenters. The first kappa shape index (κ1) is 15.3. The number of carbonyl (C=O) groups is 1. The largest absolute Gasteiger partial charge is 0.352 e. The van der Waals surface area contributed by atoms with Crippen LogP contribution in [0, 0.1) is 24.7 Å². The molecule has 0 aromatic carbocycles. The van der Waals surface area contributed by atoms with Crippen molar-refractivity contribution >= 4 is 29.0 Å². The smallest absolute Gasteiger partial charge is 0.233 e. The number of hydrogen-bond donors (Lipinski definition) is 1. The summed E-state index contributed by atoms with van der Waals surface area (Å²) < 4.78 is 0.878. The predicted molar refractivity (Wildman–Crippen MR) is 86.5 cm³/mol. The average Bonchev–Trinajstić information content (AvgIpc) is 3.15. The third-order valence-electron chi connectivity index (χ3n) is 4.96. The predicted octanol–water partition coefficient (Wildman–Crippen LogP) is 3.27. The summed E-state index contributed by atoms with van der Waals surface area (Å²) in [5.74, 6) is 2.59. The van der Waals surface area contributed by atoms with E-state index in [-0.39, 0.29) is 11.2 Å². The Kier molecular flexibility index (Phi) is 4.54. The highest BCUT2D eigenvalue weighted by Gasteiger charge is 2.42. The highest BCUT2D eigenvalue weighted by atomic mass is 32.2. The van der Waals surface area contributed by atoms with Crippen molar-refractivity contribution < 1.29 is 4.79 Å². The van der Waals surface area contributed by atoms with Gasteiger partial charge in [-0.15, -0.1) is 10.2 Å². The lowest BCUT2D eigenvalue weighted by atomic mass is 9.84. The monoisotopic (exact) mass is 325 g/mol. The first-order valence-electron chi connectivity index (χ1n) is 7.80. The van der Waals surface area contributed by atoms with Crippen molar-refractivity contribution in [2.24, 2.45) is 17.8 Å². The fourth-order valence-electron chi connectivity index (χ4n) is 3.89. The highest BCUT2D eigenvalue weighted by molar-refractivity contribution is 8.02. The maximum atomic E-state index is 12.4. The third-order valence-corrected chi connectivity index (χ3v) is 6.98. The van der Waals surface area contributed by atoms with E-state index < -0.39 is 0 Å². The van der Waals surface area contributed by atoms with Gasteiger partial charge in [0.1, 0.15) is 5.01 Å². The molecule has 1 N–H and O–H groups in total. The first-order valence-corrected chi connectivity index (χ1v) is 9.49. The normalized spacial score (nSPS) is 30.3. The van der Waals surface area contributed by atoms with Crippen molar-refractivity contribution in [1.29, 1.82) is 0 Å². The van der Waals surface area contributed by atoms with Gasteiger partial charge in [-0.1, -0.05) is 29.5 Å². The summed E-state index contributed by atoms with van der Waals surface area (Å²) in [5.41, 5.74) is 0. The molecule has 2 fully saturated rings. The van der Waals surface area contributed by atoms with Crippen molar-refractivity contribution in [2.75, 3.05) is 0 Å². The Morgan fingerprint density at radius 1 is 1.33 bits per heavy atom. The van der Waals surface area contributed by atoms with E-state index in [1.54, 1.807) is 11.3 Å². The van der Waals surface area contributed by atoms with Crippen molar-refractivity contribution in [2.45, 2.75) is 62.1 Å². The lowest BCUT2D eigenvalue weighted by Gasteiger charge is -2.29. The Bertz CT molecular complexity index is 519. The zero-order chi connectivity index (χ0) is 15.0. The van der Waals surface area contributed by atoms with Crippen LogP contribution in [0.2, 0.25) is 0 Å². The van der Waals surface area contributed by atoms with Crippen LogP contribution in [0.25, 0.3) is 0 Å². The lowest BCUT2D eigenvalue weighted by Crippen LogP contribution is -2.43. The molecule has 5 atom stereocenters. The van der Waals surface area contributed by atoms with Gasteiger partial charge in [-0.05, 0) is 57.8 Å². The van der Waals surface area contributed by atoms with Crippen LogP contribution in [0.4, 0.5) is 0 Å². The van der Waals surface area contributed by atoms with Gasteiger partial charge < -0.3 is 5.32 Å². The molecule has 1 heterocycles. The molecule has 6 heteroatoms. The molecule has 2 aliphatic carbocycles. The molecule has 4 nitrogen and oxygen atoms in total. The number of aromatic nitrogens is 2. The zero-order valence-corrected chi connectivity index (χ0v) is 14.5. The van der Waals surface area contributed by atoms with E-state index in [2.05, 4.69) is 22.4 Å². The van der Waals surface area contributed by atoms with Gasteiger partial charge in [0.25, 0.3) is 0 Å². The van der Waals surface area contributed by atoms with Gasteiger partial charge in [0, 0.05) is 6.04 Å². The summed E-state index contributed by atoms with van der Waals surface area (Å²) in [6, 6.07) is 0.298. The summed E-state index contributed by atoms with van der Waals surface area (Å²) in [7, 11) is 0. The van der Waals surface area contributed by atoms with Gasteiger partial charge in [-0.2, -0.15) is 0 Å². The minimum absolute atomic E-state index is 0.113. The molecule has 0 aliphatic heterocycles. The number of rotatable bonds is 5. The molecule has 1 amide bonds. The number of carbonyl (C=O) groups excluding carboxylic acids is 1. The van der Waals surface area contributed by atoms with Crippen LogP contribution in [0.15, 0.2) is 4.34 Å². The number of nitrogens with zero attached hydrogens (tertiary/aromatic N) is 2. The molecule has 1 aromatic heterocycles. The van der Waals surface area contributed by atoms with E-state index in [0.717, 1.165) is 21.2 Å². The summed E-state index contributed by atoms with van der Waals surface area (Å²) >= 11 is 3.05. The molecule has 116 valence electrons. The van der Waals surface area contributed by atoms with Gasteiger partial charge in [0.15, 0.2) is 4.34 Å². The maximum Gasteiger partial charge on any atom is 0.233 e. The lowest BCUT2D eigenvalue weighted by molar-refractivity contribution is -0.121. The van der Waals surface area contributed by atoms with Gasteiger partial charge in [0.05, 0.1) is 5.25 Å². The maximum absolute atomic E-state index is 12.4. The average molecular weight is 326 g/mol. The minimum Gasteiger partial charge on any atom is -0.352 e. The van der Waals surface area contributed by atoms with Crippen LogP contribution >= 0.6 is 23.1 Å². The van der Waals surface area contributed by atoms with Crippen LogP contribution in [0.1, 0.15) is 44.5 Å². The molecule has 0 radical (unpaired) electrons. The topological polar surface area (TPSA) is 54.9 Å². The van der Waals surface area contributed by atoms with Crippen LogP contribution in [-0.2, 0) is 4.79 Å². The van der Waals surface area contributed by atoms with Gasteiger partial charge in [0.2, 0.25) is 5.91 Å². The van der Waals surface area contributed by atoms with Crippen molar-refractivity contribution in [3.05, 3.63) is 5.01 Å². The summed E-state index contributed by atoms with van der Waals surface area (Å²) in [6.07, 6.45) is 5.47. The summed E-state index contributed by atoms with van der Waals surface area (Å²) in [5, 5.41) is 12.1. The number of hydrogen-bond acceptors (Lipinski definition) is 5. The Balaban J connectivity index is 1.51. The molecular formula is C15H23N3OS2. The number of nitrogens with one attached hydrogen (secondary N) is 1. The van der Waals surface area contributed by atoms with E-state index in [1.807, 2.05) is 13.8 Å². The molecule has 2 saturated carbocycles. The molecule has 0 spiro atoms. The second-order valence-corrected chi connectivity index (χ2v) is 9.25. The Morgan fingerprint density at radius 2 is 2.14 bits per heavy atom. The summed E-state index contributed by atoms with van der Waals surface area (Å²) in [4.78, 5) is 12.4. The van der Waals surface area contributed by atoms with Crippen molar-refractivity contribution in [1.82, 2.24) is 15.5 Å². The number of fused-ring (bicyclic) bond motifs is 2. The van der Waals surface area contributed by atoms with Gasteiger partial charge in [-0.3, -0.25) is 4.79 Å². The standard InChI is InChI=1S/C15H23N3OS2/c1-8(13-7-11-4-5-12(13)6-11)16-14(19)9(2)20-15-18-17-10(3)21-15/h8-9,11-13H,4-7H2,1-3H3,(H,16,19)/t8-,9-,11+,12+,13-/m1/s1. The molecule has 21 heavy (non-hydrogen) atoms. The van der Waals surface area contributed by atoms with Crippen LogP contribution in [0.5, 0.6) is 0 Å². The zero-order valence-electron chi connectivity index (χ0n) is 12.8. The fraction of sp³-hybridized carbons (Fsp3) is 0.800. The minimum atomic E-state index is -0.113. The number of thioether (sulfide) groups is 1. The Morgan fingerprint density at radius 3 is 2.71 bits per heavy atom. The SMILES string of the molecule is Cc1nnc(S[C@H](C)C(=O)N[C@H](C)[C@H]2C[C@H]3CC[C@H]2C3)s1. The molecule has 3 rings (SSSR count). The van der Waals surface area contributed by atoms with Gasteiger partial charge >= 0.3 is 0 Å². The van der Waals surface area contributed by atoms with Crippen molar-refractivity contribution in [3.8, 4) is 0 Å². The fourth-order valence-corrected chi connectivity index (χ4v) is 5.85. The molecule has 2 bridgehead atoms. The number of aryl methyl sites for hydroxylation is 1. The van der Waals surface area contributed by atoms with Crippen LogP contribution < -0.4 is 5.32 Å². The second-order valence-electron chi connectivity index (χ2n) is 6.48. The molecular weight excluding hydrogens is 302 g/mol. The third kappa shape index (κ3) is 3.42. The first-order chi connectivity index (χ1) is 10.0. The molecule has 1 aromatic rings. The Hall–Kier alpha value is -0.620. The van der Waals surface area contributed by atoms with E-state index >= 15 is 0 Å². The van der Waals surface area contributed by atoms with Crippen molar-refractivity contribution in [3.63, 3.8) is 0 Å². The second kappa shape index (κ2) is 6.24. The Labute approximate surface area is 134 Å². The summed E-state index contributed by atoms with van der Waals surface area (Å²) in [6.45, 7) is 6.06. The highest BCUT2D eigenvalue weighted by Crippen LogP contribution is 2.49. The van der Waals surface area contributed by atoms with Gasteiger partial charge in [-0.25, -0.2) is 0 Å². The van der Waals surface area contributed by atoms with E-state index in [4.69, 9.17) is 0 Å². The molecule has 0 saturated heterocycles. The van der Waals surface area contributed by atoms with Crippen LogP contribution in [-0.4, -0.2) is 27.4 Å². The van der Waals surface area contributed by atoms with E-state index in [1.165, 1.54) is 37.4 Å².